The van der Waals surface area contributed by atoms with Crippen LogP contribution in [-0.2, 0) is 57.1 Å². The lowest BCUT2D eigenvalue weighted by Crippen LogP contribution is -2.62. The van der Waals surface area contributed by atoms with E-state index >= 15 is 0 Å². The Morgan fingerprint density at radius 1 is 0.922 bits per heavy atom. The van der Waals surface area contributed by atoms with E-state index in [9.17, 15) is 44.4 Å². The Hall–Kier alpha value is -4.23. The van der Waals surface area contributed by atoms with Crippen LogP contribution in [0.4, 0.5) is 0 Å². The van der Waals surface area contributed by atoms with Crippen molar-refractivity contribution in [3.63, 3.8) is 0 Å². The van der Waals surface area contributed by atoms with Crippen molar-refractivity contribution in [1.29, 1.82) is 0 Å². The third kappa shape index (κ3) is 13.4. The molecule has 3 saturated heterocycles. The highest BCUT2D eigenvalue weighted by Gasteiger charge is 2.61. The Bertz CT molecular complexity index is 1830. The zero-order valence-electron chi connectivity index (χ0n) is 38.5. The summed E-state index contributed by atoms with van der Waals surface area (Å²) in [7, 11) is 2.42. The van der Waals surface area contributed by atoms with Crippen molar-refractivity contribution in [2.75, 3.05) is 14.2 Å². The lowest BCUT2D eigenvalue weighted by Gasteiger charge is -2.53. The predicted molar refractivity (Wildman–Crippen MR) is 230 cm³/mol. The largest absolute Gasteiger partial charge is 0.510 e. The van der Waals surface area contributed by atoms with Crippen LogP contribution < -0.4 is 0 Å². The molecule has 4 aliphatic heterocycles. The number of carbonyl (C=O) groups excluding carboxylic acids is 5. The van der Waals surface area contributed by atoms with Gasteiger partial charge in [-0.2, -0.15) is 0 Å². The summed E-state index contributed by atoms with van der Waals surface area (Å²) >= 11 is 0. The number of hydrogen-bond donors (Lipinski definition) is 4. The first-order valence-electron chi connectivity index (χ1n) is 21.9. The summed E-state index contributed by atoms with van der Waals surface area (Å²) in [5, 5.41) is 47.6. The number of aliphatic hydroxyl groups excluding tert-OH is 2. The van der Waals surface area contributed by atoms with E-state index in [2.05, 4.69) is 0 Å². The number of methoxy groups -OCH3 is 2. The molecule has 17 nitrogen and oxygen atoms in total. The zero-order chi connectivity index (χ0) is 47.6. The van der Waals surface area contributed by atoms with Gasteiger partial charge in [0.25, 0.3) is 6.10 Å². The highest BCUT2D eigenvalue weighted by atomic mass is 16.7. The number of fused-ring (bicyclic) bond motifs is 6. The second-order valence-corrected chi connectivity index (χ2v) is 18.3. The fraction of sp³-hybridized carbons (Fsp3) is 0.681. The number of hydrogen-bond acceptors (Lipinski definition) is 16. The highest BCUT2D eigenvalue weighted by Crippen LogP contribution is 2.50. The first-order valence-corrected chi connectivity index (χ1v) is 21.9. The molecule has 358 valence electrons. The molecule has 0 radical (unpaired) electrons. The van der Waals surface area contributed by atoms with E-state index in [1.807, 2.05) is 13.0 Å². The molecule has 4 aliphatic rings. The Morgan fingerprint density at radius 2 is 1.61 bits per heavy atom. The average Bonchev–Trinajstić information content (AvgIpc) is 3.19. The first-order chi connectivity index (χ1) is 29.9. The number of rotatable bonds is 9. The summed E-state index contributed by atoms with van der Waals surface area (Å²) in [6, 6.07) is 0. The predicted octanol–water partition coefficient (Wildman–Crippen LogP) is 4.26. The van der Waals surface area contributed by atoms with Crippen molar-refractivity contribution in [1.82, 2.24) is 0 Å². The summed E-state index contributed by atoms with van der Waals surface area (Å²) in [5.41, 5.74) is -1.98. The number of carbonyl (C=O) groups is 4. The second kappa shape index (κ2) is 22.3. The van der Waals surface area contributed by atoms with Gasteiger partial charge < -0.3 is 63.1 Å². The summed E-state index contributed by atoms with van der Waals surface area (Å²) in [6.07, 6.45) is 3.13. The number of cyclic esters (lactones) is 1. The van der Waals surface area contributed by atoms with Gasteiger partial charge in [0.15, 0.2) is 5.79 Å². The van der Waals surface area contributed by atoms with Gasteiger partial charge >= 0.3 is 29.8 Å². The fourth-order valence-electron chi connectivity index (χ4n) is 8.58. The minimum atomic E-state index is -2.43. The zero-order valence-corrected chi connectivity index (χ0v) is 38.5. The van der Waals surface area contributed by atoms with E-state index in [-0.39, 0.29) is 50.5 Å². The van der Waals surface area contributed by atoms with Crippen LogP contribution in [0.5, 0.6) is 0 Å². The molecule has 0 aromatic carbocycles. The van der Waals surface area contributed by atoms with E-state index < -0.39 is 114 Å². The molecule has 0 saturated carbocycles. The number of esters is 5. The molecule has 64 heavy (non-hydrogen) atoms. The van der Waals surface area contributed by atoms with Crippen LogP contribution in [0.2, 0.25) is 0 Å². The summed E-state index contributed by atoms with van der Waals surface area (Å²) in [6.45, 7) is 11.3. The molecule has 0 spiro atoms. The lowest BCUT2D eigenvalue weighted by atomic mass is 9.70. The molecule has 0 aliphatic carbocycles. The summed E-state index contributed by atoms with van der Waals surface area (Å²) < 4.78 is 46.9. The molecule has 1 unspecified atom stereocenters. The topological polar surface area (TPSA) is 244 Å². The van der Waals surface area contributed by atoms with Crippen molar-refractivity contribution < 1.29 is 82.3 Å². The minimum Gasteiger partial charge on any atom is -0.466 e. The fourth-order valence-corrected chi connectivity index (χ4v) is 8.58. The van der Waals surface area contributed by atoms with Crippen molar-refractivity contribution in [2.45, 2.75) is 179 Å². The lowest BCUT2D eigenvalue weighted by molar-refractivity contribution is -0.348. The van der Waals surface area contributed by atoms with Crippen LogP contribution >= 0.6 is 0 Å². The molecule has 4 heterocycles. The van der Waals surface area contributed by atoms with Crippen molar-refractivity contribution in [3.8, 4) is 0 Å². The van der Waals surface area contributed by atoms with Gasteiger partial charge in [0.2, 0.25) is 5.79 Å². The maximum atomic E-state index is 13.4. The summed E-state index contributed by atoms with van der Waals surface area (Å²) in [5.74, 6) is -7.98. The second-order valence-electron chi connectivity index (χ2n) is 18.3. The van der Waals surface area contributed by atoms with E-state index in [0.717, 1.165) is 18.9 Å². The Morgan fingerprint density at radius 3 is 2.25 bits per heavy atom. The molecule has 5 N–H and O–H groups in total. The molecule has 0 aromatic heterocycles. The van der Waals surface area contributed by atoms with Gasteiger partial charge in [0, 0.05) is 62.2 Å². The van der Waals surface area contributed by atoms with E-state index in [1.54, 1.807) is 52.0 Å². The Labute approximate surface area is 375 Å². The van der Waals surface area contributed by atoms with Gasteiger partial charge in [-0.15, -0.1) is 0 Å². The number of ether oxygens (including phenoxy) is 8. The molecule has 3 fully saturated rings. The Kier molecular flexibility index (Phi) is 18.3. The van der Waals surface area contributed by atoms with E-state index in [0.29, 0.717) is 5.57 Å². The van der Waals surface area contributed by atoms with Gasteiger partial charge in [0.1, 0.15) is 12.2 Å². The molecule has 6 bridgehead atoms. The molecule has 0 aromatic rings. The number of allylic oxidation sites excluding steroid dienone is 3. The Balaban J connectivity index is 1.89. The smallest absolute Gasteiger partial charge is 0.466 e. The van der Waals surface area contributed by atoms with Crippen LogP contribution in [-0.4, -0.2) is 136 Å². The van der Waals surface area contributed by atoms with E-state index in [4.69, 9.17) is 37.9 Å². The van der Waals surface area contributed by atoms with Gasteiger partial charge in [-0.05, 0) is 32.3 Å². The van der Waals surface area contributed by atoms with Crippen LogP contribution in [0.25, 0.3) is 0 Å². The highest BCUT2D eigenvalue weighted by molar-refractivity contribution is 5.85. The monoisotopic (exact) mass is 905 g/mol. The quantitative estimate of drug-likeness (QED) is 0.0631. The molecule has 4 rings (SSSR count). The van der Waals surface area contributed by atoms with Crippen LogP contribution in [0.15, 0.2) is 59.8 Å². The molecular weight excluding hydrogens is 836 g/mol. The van der Waals surface area contributed by atoms with Gasteiger partial charge in [-0.3, -0.25) is 9.59 Å². The van der Waals surface area contributed by atoms with Crippen molar-refractivity contribution >= 4 is 29.8 Å². The third-order valence-electron chi connectivity index (χ3n) is 12.4. The van der Waals surface area contributed by atoms with E-state index in [1.165, 1.54) is 40.2 Å². The summed E-state index contributed by atoms with van der Waals surface area (Å²) in [4.78, 5) is 62.3. The van der Waals surface area contributed by atoms with Crippen LogP contribution in [0.3, 0.4) is 0 Å². The number of unbranched alkanes of at least 4 members (excludes halogenated alkanes) is 1. The normalized spacial score (nSPS) is 35.8. The van der Waals surface area contributed by atoms with Crippen LogP contribution in [0, 0.1) is 10.8 Å². The maximum absolute atomic E-state index is 13.4. The minimum absolute atomic E-state index is 0.0760. The third-order valence-corrected chi connectivity index (χ3v) is 12.4. The standard InChI is InChI=1S/C47H68O17/c1-10-11-12-13-14-15-39(51)62-43-31(22-41(53)58-9)21-34-25-37(28(2)48)61-42(54)24-32(50)23-35-26-38(59-29(3)49)45(6,7)46(55,63-35)27-36-19-30(20-40(52)57-8)18-33(60-36)16-17-44(4,5)47(43,56)64-34/h12-17,20,22,28,32-38,43,48,50,55-56H,10-11,18-19,21,23-27H2,1-9H3/p+1/b13-12+,15-14+,17-16+,30-20+,31-22+/t28-,32-,33+,34+,35-,36+,37-,38+,43?,46+,47-/m1/s1. The maximum Gasteiger partial charge on any atom is 0.510 e. The molecule has 17 heteroatoms. The van der Waals surface area contributed by atoms with Gasteiger partial charge in [0.05, 0.1) is 68.8 Å². The van der Waals surface area contributed by atoms with Gasteiger partial charge in [-0.25, -0.2) is 9.59 Å². The van der Waals surface area contributed by atoms with Gasteiger partial charge in [-0.1, -0.05) is 70.9 Å². The van der Waals surface area contributed by atoms with Crippen LogP contribution in [0.1, 0.15) is 113 Å². The first kappa shape index (κ1) is 52.4. The molecular formula is C47H69O17+. The molecule has 11 atom stereocenters. The number of aliphatic hydroxyl groups is 4. The van der Waals surface area contributed by atoms with Crippen molar-refractivity contribution in [2.24, 2.45) is 10.8 Å². The van der Waals surface area contributed by atoms with Crippen molar-refractivity contribution in [3.05, 3.63) is 59.8 Å². The molecule has 0 amide bonds. The SMILES string of the molecule is CCC/C=C/C=C/C(=[OH+])OC1/C(=C/C(=O)OC)C[C@H]2C[C@H]([C@@H](C)O)OC(=O)C[C@H](O)C[C@@H]3C[C@H](OC(C)=O)C(C)(C)[C@](O)(C[C@@H]4C/C(=C/C(=O)OC)C[C@H](/C=C/C(C)(C)[C@]1(O)O2)O4)O3. The average molecular weight is 906 g/mol.